The maximum Gasteiger partial charge on any atom is 0.311 e. The summed E-state index contributed by atoms with van der Waals surface area (Å²) in [6.07, 6.45) is 0.0619. The van der Waals surface area contributed by atoms with E-state index in [2.05, 4.69) is 21.2 Å². The van der Waals surface area contributed by atoms with Crippen molar-refractivity contribution in [2.24, 2.45) is 5.92 Å². The number of carbonyl (C=O) groups excluding carboxylic acids is 3. The standard InChI is InChI=1S/C21H20BrClN2O4/c1-12-4-3-5-18(13(12)2)25-10-14(8-20(25)27)21(28)29-11-19(26)24-17-7-6-15(22)9-16(17)23/h3-7,9,14H,8,10-11H2,1-2H3,(H,24,26). The van der Waals surface area contributed by atoms with Crippen molar-refractivity contribution >= 4 is 56.7 Å². The second kappa shape index (κ2) is 8.97. The van der Waals surface area contributed by atoms with E-state index in [1.807, 2.05) is 32.0 Å². The van der Waals surface area contributed by atoms with Gasteiger partial charge in [0.15, 0.2) is 6.61 Å². The average molecular weight is 480 g/mol. The fraction of sp³-hybridized carbons (Fsp3) is 0.286. The molecule has 1 unspecified atom stereocenters. The summed E-state index contributed by atoms with van der Waals surface area (Å²) >= 11 is 9.35. The Kier molecular flexibility index (Phi) is 6.59. The van der Waals surface area contributed by atoms with E-state index in [9.17, 15) is 14.4 Å². The first-order valence-corrected chi connectivity index (χ1v) is 10.2. The molecule has 0 radical (unpaired) electrons. The number of carbonyl (C=O) groups is 3. The number of aryl methyl sites for hydroxylation is 1. The lowest BCUT2D eigenvalue weighted by molar-refractivity contribution is -0.151. The van der Waals surface area contributed by atoms with Crippen molar-refractivity contribution in [1.29, 1.82) is 0 Å². The highest BCUT2D eigenvalue weighted by Crippen LogP contribution is 2.30. The van der Waals surface area contributed by atoms with Crippen molar-refractivity contribution in [2.45, 2.75) is 20.3 Å². The third-order valence-electron chi connectivity index (χ3n) is 4.88. The summed E-state index contributed by atoms with van der Waals surface area (Å²) in [4.78, 5) is 38.5. The summed E-state index contributed by atoms with van der Waals surface area (Å²) in [5, 5.41) is 2.96. The number of halogens is 2. The van der Waals surface area contributed by atoms with Crippen LogP contribution in [0, 0.1) is 19.8 Å². The minimum atomic E-state index is -0.605. The van der Waals surface area contributed by atoms with Gasteiger partial charge in [0, 0.05) is 23.1 Å². The van der Waals surface area contributed by atoms with Crippen LogP contribution in [0.15, 0.2) is 40.9 Å². The molecular weight excluding hydrogens is 460 g/mol. The summed E-state index contributed by atoms with van der Waals surface area (Å²) < 4.78 is 5.91. The molecule has 0 bridgehead atoms. The van der Waals surface area contributed by atoms with E-state index >= 15 is 0 Å². The largest absolute Gasteiger partial charge is 0.455 e. The number of hydrogen-bond donors (Lipinski definition) is 1. The second-order valence-corrected chi connectivity index (χ2v) is 8.23. The van der Waals surface area contributed by atoms with Crippen LogP contribution in [0.4, 0.5) is 11.4 Å². The smallest absolute Gasteiger partial charge is 0.311 e. The van der Waals surface area contributed by atoms with Gasteiger partial charge >= 0.3 is 5.97 Å². The molecule has 2 aromatic rings. The highest BCUT2D eigenvalue weighted by molar-refractivity contribution is 9.10. The van der Waals surface area contributed by atoms with E-state index in [4.69, 9.17) is 16.3 Å². The zero-order valence-corrected chi connectivity index (χ0v) is 18.3. The van der Waals surface area contributed by atoms with Gasteiger partial charge in [0.1, 0.15) is 0 Å². The lowest BCUT2D eigenvalue weighted by Crippen LogP contribution is -2.28. The molecule has 2 aromatic carbocycles. The molecule has 152 valence electrons. The first-order valence-electron chi connectivity index (χ1n) is 9.04. The van der Waals surface area contributed by atoms with Crippen LogP contribution in [0.5, 0.6) is 0 Å². The van der Waals surface area contributed by atoms with Gasteiger partial charge in [-0.1, -0.05) is 39.7 Å². The van der Waals surface area contributed by atoms with Crippen LogP contribution in [0.3, 0.4) is 0 Å². The van der Waals surface area contributed by atoms with Gasteiger partial charge in [-0.2, -0.15) is 0 Å². The highest BCUT2D eigenvalue weighted by Gasteiger charge is 2.37. The summed E-state index contributed by atoms with van der Waals surface area (Å²) in [5.74, 6) is -1.81. The van der Waals surface area contributed by atoms with Crippen LogP contribution in [0.25, 0.3) is 0 Å². The van der Waals surface area contributed by atoms with E-state index in [0.29, 0.717) is 10.7 Å². The first kappa shape index (κ1) is 21.3. The van der Waals surface area contributed by atoms with E-state index in [1.54, 1.807) is 23.1 Å². The number of esters is 1. The van der Waals surface area contributed by atoms with Crippen LogP contribution < -0.4 is 10.2 Å². The number of hydrogen-bond acceptors (Lipinski definition) is 4. The monoisotopic (exact) mass is 478 g/mol. The number of ether oxygens (including phenoxy) is 1. The maximum absolute atomic E-state index is 12.4. The molecule has 1 aliphatic heterocycles. The van der Waals surface area contributed by atoms with Crippen LogP contribution in [0.2, 0.25) is 5.02 Å². The summed E-state index contributed by atoms with van der Waals surface area (Å²) in [5.41, 5.74) is 3.30. The molecule has 0 aliphatic carbocycles. The van der Waals surface area contributed by atoms with Gasteiger partial charge in [-0.3, -0.25) is 14.4 Å². The van der Waals surface area contributed by atoms with Crippen LogP contribution >= 0.6 is 27.5 Å². The number of anilines is 2. The SMILES string of the molecule is Cc1cccc(N2CC(C(=O)OCC(=O)Nc3ccc(Br)cc3Cl)CC2=O)c1C. The number of nitrogens with one attached hydrogen (secondary N) is 1. The lowest BCUT2D eigenvalue weighted by Gasteiger charge is -2.20. The van der Waals surface area contributed by atoms with Crippen molar-refractivity contribution in [3.05, 3.63) is 57.0 Å². The molecule has 0 saturated carbocycles. The van der Waals surface area contributed by atoms with Gasteiger partial charge in [-0.25, -0.2) is 0 Å². The van der Waals surface area contributed by atoms with Crippen molar-refractivity contribution in [2.75, 3.05) is 23.4 Å². The predicted octanol–water partition coefficient (Wildman–Crippen LogP) is 4.25. The van der Waals surface area contributed by atoms with Gasteiger partial charge in [-0.05, 0) is 49.2 Å². The number of nitrogens with zero attached hydrogens (tertiary/aromatic N) is 1. The summed E-state index contributed by atoms with van der Waals surface area (Å²) in [6.45, 7) is 3.71. The summed E-state index contributed by atoms with van der Waals surface area (Å²) in [6, 6.07) is 10.7. The molecule has 0 aromatic heterocycles. The zero-order chi connectivity index (χ0) is 21.1. The van der Waals surface area contributed by atoms with E-state index in [1.165, 1.54) is 0 Å². The Hall–Kier alpha value is -2.38. The van der Waals surface area contributed by atoms with E-state index in [-0.39, 0.29) is 18.9 Å². The van der Waals surface area contributed by atoms with Gasteiger partial charge in [0.2, 0.25) is 5.91 Å². The fourth-order valence-electron chi connectivity index (χ4n) is 3.16. The zero-order valence-electron chi connectivity index (χ0n) is 16.0. The molecule has 1 atom stereocenters. The molecular formula is C21H20BrClN2O4. The Bertz CT molecular complexity index is 979. The van der Waals surface area contributed by atoms with Crippen molar-refractivity contribution < 1.29 is 19.1 Å². The van der Waals surface area contributed by atoms with Crippen molar-refractivity contribution in [3.8, 4) is 0 Å². The van der Waals surface area contributed by atoms with Crippen LogP contribution in [0.1, 0.15) is 17.5 Å². The Balaban J connectivity index is 1.56. The highest BCUT2D eigenvalue weighted by atomic mass is 79.9. The van der Waals surface area contributed by atoms with Gasteiger partial charge in [-0.15, -0.1) is 0 Å². The Labute approximate surface area is 182 Å². The Morgan fingerprint density at radius 1 is 1.28 bits per heavy atom. The Morgan fingerprint density at radius 2 is 2.03 bits per heavy atom. The quantitative estimate of drug-likeness (QED) is 0.651. The van der Waals surface area contributed by atoms with Crippen molar-refractivity contribution in [3.63, 3.8) is 0 Å². The first-order chi connectivity index (χ1) is 13.8. The molecule has 1 N–H and O–H groups in total. The molecule has 1 saturated heterocycles. The van der Waals surface area contributed by atoms with Crippen LogP contribution in [-0.4, -0.2) is 30.9 Å². The third-order valence-corrected chi connectivity index (χ3v) is 5.68. The summed E-state index contributed by atoms with van der Waals surface area (Å²) in [7, 11) is 0. The van der Waals surface area contributed by atoms with Gasteiger partial charge in [0.25, 0.3) is 5.91 Å². The predicted molar refractivity (Wildman–Crippen MR) is 115 cm³/mol. The number of rotatable bonds is 5. The molecule has 6 nitrogen and oxygen atoms in total. The van der Waals surface area contributed by atoms with Gasteiger partial charge in [0.05, 0.1) is 16.6 Å². The molecule has 8 heteroatoms. The molecule has 1 fully saturated rings. The number of amides is 2. The topological polar surface area (TPSA) is 75.7 Å². The number of benzene rings is 2. The molecule has 3 rings (SSSR count). The lowest BCUT2D eigenvalue weighted by atomic mass is 10.1. The maximum atomic E-state index is 12.4. The molecule has 29 heavy (non-hydrogen) atoms. The van der Waals surface area contributed by atoms with E-state index in [0.717, 1.165) is 21.3 Å². The van der Waals surface area contributed by atoms with E-state index < -0.39 is 24.4 Å². The average Bonchev–Trinajstić information content (AvgIpc) is 3.06. The molecule has 2 amide bonds. The van der Waals surface area contributed by atoms with Crippen LogP contribution in [-0.2, 0) is 19.1 Å². The second-order valence-electron chi connectivity index (χ2n) is 6.90. The fourth-order valence-corrected chi connectivity index (χ4v) is 3.88. The van der Waals surface area contributed by atoms with Crippen molar-refractivity contribution in [1.82, 2.24) is 0 Å². The minimum absolute atomic E-state index is 0.0619. The Morgan fingerprint density at radius 3 is 2.76 bits per heavy atom. The minimum Gasteiger partial charge on any atom is -0.455 e. The third kappa shape index (κ3) is 4.97. The molecule has 1 aliphatic rings. The molecule has 0 spiro atoms. The molecule has 1 heterocycles. The van der Waals surface area contributed by atoms with Gasteiger partial charge < -0.3 is 15.0 Å². The normalized spacial score (nSPS) is 16.1.